The molecule has 1 atom stereocenters. The van der Waals surface area contributed by atoms with Gasteiger partial charge in [0.2, 0.25) is 5.78 Å². The number of fused-ring (bicyclic) bond motifs is 1. The number of benzene rings is 1. The summed E-state index contributed by atoms with van der Waals surface area (Å²) in [4.78, 5) is 11.5. The highest BCUT2D eigenvalue weighted by Crippen LogP contribution is 2.28. The average Bonchev–Trinajstić information content (AvgIpc) is 2.44. The number of ether oxygens (including phenoxy) is 1. The molecule has 4 heteroatoms. The third-order valence-corrected chi connectivity index (χ3v) is 2.24. The molecule has 0 aromatic heterocycles. The molecular weight excluding hydrogens is 190 g/mol. The Hall–Kier alpha value is -1.06. The molecule has 0 amide bonds. The molecule has 0 spiro atoms. The van der Waals surface area contributed by atoms with Gasteiger partial charge in [0.1, 0.15) is 0 Å². The van der Waals surface area contributed by atoms with Crippen LogP contribution in [0.15, 0.2) is 18.2 Å². The van der Waals surface area contributed by atoms with Crippen LogP contribution in [0.25, 0.3) is 0 Å². The van der Waals surface area contributed by atoms with Crippen molar-refractivity contribution in [2.75, 3.05) is 12.4 Å². The zero-order chi connectivity index (χ0) is 9.42. The van der Waals surface area contributed by atoms with Gasteiger partial charge in [0.25, 0.3) is 0 Å². The highest BCUT2D eigenvalue weighted by atomic mass is 35.5. The Bertz CT molecular complexity index is 365. The highest BCUT2D eigenvalue weighted by molar-refractivity contribution is 6.31. The second-order valence-electron chi connectivity index (χ2n) is 2.81. The molecule has 1 aliphatic rings. The average molecular weight is 198 g/mol. The van der Waals surface area contributed by atoms with Gasteiger partial charge in [0, 0.05) is 23.4 Å². The first-order chi connectivity index (χ1) is 6.22. The number of anilines is 1. The number of nitrogens with one attached hydrogen (secondary N) is 1. The van der Waals surface area contributed by atoms with E-state index >= 15 is 0 Å². The van der Waals surface area contributed by atoms with E-state index in [1.807, 2.05) is 0 Å². The molecule has 68 valence electrons. The lowest BCUT2D eigenvalue weighted by Gasteiger charge is -2.05. The maximum Gasteiger partial charge on any atom is 0.214 e. The van der Waals surface area contributed by atoms with Crippen molar-refractivity contribution in [2.24, 2.45) is 0 Å². The van der Waals surface area contributed by atoms with E-state index in [-0.39, 0.29) is 5.78 Å². The first-order valence-corrected chi connectivity index (χ1v) is 4.23. The molecule has 1 N–H and O–H groups in total. The standard InChI is InChI=1S/C9H8ClNO2/c1-13-9-8(12)6-4-5(10)2-3-7(6)11-9/h2-4,9,11H,1H3. The molecule has 0 radical (unpaired) electrons. The molecular formula is C9H8ClNO2. The van der Waals surface area contributed by atoms with Gasteiger partial charge in [-0.05, 0) is 18.2 Å². The minimum absolute atomic E-state index is 0.0694. The number of hydrogen-bond acceptors (Lipinski definition) is 3. The molecule has 0 fully saturated rings. The molecule has 3 nitrogen and oxygen atoms in total. The number of halogens is 1. The van der Waals surface area contributed by atoms with Crippen LogP contribution in [0.2, 0.25) is 5.02 Å². The Kier molecular flexibility index (Phi) is 1.98. The summed E-state index contributed by atoms with van der Waals surface area (Å²) in [7, 11) is 1.49. The van der Waals surface area contributed by atoms with Crippen LogP contribution >= 0.6 is 11.6 Å². The van der Waals surface area contributed by atoms with Crippen LogP contribution in [-0.4, -0.2) is 19.1 Å². The predicted molar refractivity (Wildman–Crippen MR) is 50.2 cm³/mol. The number of hydrogen-bond donors (Lipinski definition) is 1. The van der Waals surface area contributed by atoms with Crippen molar-refractivity contribution in [3.63, 3.8) is 0 Å². The second-order valence-corrected chi connectivity index (χ2v) is 3.25. The van der Waals surface area contributed by atoms with Crippen molar-refractivity contribution in [1.29, 1.82) is 0 Å². The van der Waals surface area contributed by atoms with E-state index in [1.54, 1.807) is 18.2 Å². The lowest BCUT2D eigenvalue weighted by Crippen LogP contribution is -2.23. The number of Topliss-reactive ketones (excluding diaryl/α,β-unsaturated/α-hetero) is 1. The van der Waals surface area contributed by atoms with Crippen LogP contribution in [-0.2, 0) is 4.74 Å². The smallest absolute Gasteiger partial charge is 0.214 e. The highest BCUT2D eigenvalue weighted by Gasteiger charge is 2.29. The summed E-state index contributed by atoms with van der Waals surface area (Å²) in [5.74, 6) is -0.0694. The molecule has 0 saturated heterocycles. The van der Waals surface area contributed by atoms with Gasteiger partial charge in [-0.2, -0.15) is 0 Å². The Morgan fingerprint density at radius 2 is 2.31 bits per heavy atom. The van der Waals surface area contributed by atoms with E-state index in [0.717, 1.165) is 5.69 Å². The maximum atomic E-state index is 11.5. The predicted octanol–water partition coefficient (Wildman–Crippen LogP) is 1.92. The van der Waals surface area contributed by atoms with Crippen LogP contribution in [0.1, 0.15) is 10.4 Å². The second kappa shape index (κ2) is 3.01. The van der Waals surface area contributed by atoms with Crippen molar-refractivity contribution in [1.82, 2.24) is 0 Å². The van der Waals surface area contributed by atoms with E-state index in [2.05, 4.69) is 5.32 Å². The molecule has 0 saturated carbocycles. The van der Waals surface area contributed by atoms with E-state index in [1.165, 1.54) is 7.11 Å². The number of rotatable bonds is 1. The van der Waals surface area contributed by atoms with Gasteiger partial charge in [-0.3, -0.25) is 4.79 Å². The molecule has 1 heterocycles. The van der Waals surface area contributed by atoms with Crippen LogP contribution in [0.5, 0.6) is 0 Å². The van der Waals surface area contributed by atoms with Crippen molar-refractivity contribution >= 4 is 23.1 Å². The fraction of sp³-hybridized carbons (Fsp3) is 0.222. The first-order valence-electron chi connectivity index (χ1n) is 3.85. The van der Waals surface area contributed by atoms with Gasteiger partial charge in [-0.15, -0.1) is 0 Å². The van der Waals surface area contributed by atoms with Gasteiger partial charge < -0.3 is 10.1 Å². The van der Waals surface area contributed by atoms with Gasteiger partial charge in [-0.25, -0.2) is 0 Å². The molecule has 1 unspecified atom stereocenters. The normalized spacial score (nSPS) is 19.8. The van der Waals surface area contributed by atoms with Crippen molar-refractivity contribution in [2.45, 2.75) is 6.23 Å². The lowest BCUT2D eigenvalue weighted by atomic mass is 10.1. The number of carbonyl (C=O) groups is 1. The van der Waals surface area contributed by atoms with Crippen molar-refractivity contribution < 1.29 is 9.53 Å². The maximum absolute atomic E-state index is 11.5. The van der Waals surface area contributed by atoms with Crippen LogP contribution < -0.4 is 5.32 Å². The van der Waals surface area contributed by atoms with Crippen LogP contribution in [0, 0.1) is 0 Å². The minimum Gasteiger partial charge on any atom is -0.354 e. The summed E-state index contributed by atoms with van der Waals surface area (Å²) in [6.07, 6.45) is -0.562. The molecule has 1 aliphatic heterocycles. The third kappa shape index (κ3) is 1.30. The molecule has 2 rings (SSSR count). The molecule has 0 aliphatic carbocycles. The van der Waals surface area contributed by atoms with Crippen molar-refractivity contribution in [3.8, 4) is 0 Å². The lowest BCUT2D eigenvalue weighted by molar-refractivity contribution is 0.0703. The van der Waals surface area contributed by atoms with Crippen molar-refractivity contribution in [3.05, 3.63) is 28.8 Å². The Balaban J connectivity index is 2.45. The Morgan fingerprint density at radius 1 is 1.54 bits per heavy atom. The van der Waals surface area contributed by atoms with Crippen LogP contribution in [0.4, 0.5) is 5.69 Å². The van der Waals surface area contributed by atoms with Gasteiger partial charge in [-0.1, -0.05) is 11.6 Å². The van der Waals surface area contributed by atoms with Gasteiger partial charge >= 0.3 is 0 Å². The summed E-state index contributed by atoms with van der Waals surface area (Å²) in [6.45, 7) is 0. The summed E-state index contributed by atoms with van der Waals surface area (Å²) in [5, 5.41) is 3.49. The van der Waals surface area contributed by atoms with E-state index in [4.69, 9.17) is 16.3 Å². The molecule has 1 aromatic rings. The third-order valence-electron chi connectivity index (χ3n) is 2.01. The van der Waals surface area contributed by atoms with Gasteiger partial charge in [0.05, 0.1) is 0 Å². The summed E-state index contributed by atoms with van der Waals surface area (Å²) in [6, 6.07) is 5.15. The van der Waals surface area contributed by atoms with Crippen LogP contribution in [0.3, 0.4) is 0 Å². The zero-order valence-electron chi connectivity index (χ0n) is 7.00. The van der Waals surface area contributed by atoms with Gasteiger partial charge in [0.15, 0.2) is 6.23 Å². The quantitative estimate of drug-likeness (QED) is 0.748. The number of carbonyl (C=O) groups excluding carboxylic acids is 1. The SMILES string of the molecule is COC1Nc2ccc(Cl)cc2C1=O. The molecule has 1 aromatic carbocycles. The largest absolute Gasteiger partial charge is 0.354 e. The number of methoxy groups -OCH3 is 1. The molecule has 13 heavy (non-hydrogen) atoms. The van der Waals surface area contributed by atoms with E-state index in [9.17, 15) is 4.79 Å². The fourth-order valence-corrected chi connectivity index (χ4v) is 1.53. The van der Waals surface area contributed by atoms with E-state index in [0.29, 0.717) is 10.6 Å². The summed E-state index contributed by atoms with van der Waals surface area (Å²) < 4.78 is 4.94. The summed E-state index contributed by atoms with van der Waals surface area (Å²) >= 11 is 5.76. The fourth-order valence-electron chi connectivity index (χ4n) is 1.36. The Morgan fingerprint density at radius 3 is 3.00 bits per heavy atom. The Labute approximate surface area is 80.6 Å². The minimum atomic E-state index is -0.562. The zero-order valence-corrected chi connectivity index (χ0v) is 7.76. The topological polar surface area (TPSA) is 38.3 Å². The molecule has 0 bridgehead atoms. The monoisotopic (exact) mass is 197 g/mol. The first kappa shape index (κ1) is 8.53. The van der Waals surface area contributed by atoms with E-state index < -0.39 is 6.23 Å². The summed E-state index contributed by atoms with van der Waals surface area (Å²) in [5.41, 5.74) is 1.38. The number of ketones is 1.